The minimum Gasteiger partial charge on any atom is -0.463 e. The van der Waals surface area contributed by atoms with Gasteiger partial charge in [-0.25, -0.2) is 32.5 Å². The summed E-state index contributed by atoms with van der Waals surface area (Å²) in [5, 5.41) is 0. The zero-order valence-corrected chi connectivity index (χ0v) is 18.6. The molecular formula is C23H22F4N4O3. The minimum absolute atomic E-state index is 0.0217. The van der Waals surface area contributed by atoms with Crippen molar-refractivity contribution < 1.29 is 31.8 Å². The smallest absolute Gasteiger partial charge is 0.284 e. The molecule has 2 N–H and O–H groups in total. The molecule has 2 heterocycles. The number of halogens is 4. The summed E-state index contributed by atoms with van der Waals surface area (Å²) in [7, 11) is 0. The van der Waals surface area contributed by atoms with Crippen LogP contribution in [0.25, 0.3) is 0 Å². The fraction of sp³-hybridized carbons (Fsp3) is 0.391. The number of ether oxygens (including phenoxy) is 2. The first-order valence-corrected chi connectivity index (χ1v) is 10.2. The number of hydrogen-bond acceptors (Lipinski definition) is 7. The van der Waals surface area contributed by atoms with Crippen molar-refractivity contribution in [1.29, 1.82) is 0 Å². The number of nitrogens with zero attached hydrogens (tertiary/aromatic N) is 3. The van der Waals surface area contributed by atoms with Crippen molar-refractivity contribution in [2.75, 3.05) is 6.61 Å². The van der Waals surface area contributed by atoms with E-state index in [9.17, 15) is 18.0 Å². The molecule has 0 spiro atoms. The number of Topliss-reactive ketones (excluding diaryl/α,β-unsaturated/α-hetero) is 1. The van der Waals surface area contributed by atoms with Gasteiger partial charge in [0.1, 0.15) is 17.1 Å². The van der Waals surface area contributed by atoms with Crippen molar-refractivity contribution in [3.63, 3.8) is 0 Å². The molecule has 1 aliphatic heterocycles. The highest BCUT2D eigenvalue weighted by molar-refractivity contribution is 5.95. The molecule has 180 valence electrons. The van der Waals surface area contributed by atoms with E-state index in [0.717, 1.165) is 13.0 Å². The van der Waals surface area contributed by atoms with Gasteiger partial charge >= 0.3 is 0 Å². The van der Waals surface area contributed by atoms with Gasteiger partial charge in [-0.2, -0.15) is 0 Å². The molecule has 0 bridgehead atoms. The SMILES string of the molecule is CC#CCOc1cnc(C(=O)Cc2ccc(F)c([C@@]3(C)N=C(N)O[C@H](C(C)(F)F)[C@@H]3F)c2)cn1. The Labute approximate surface area is 193 Å². The molecule has 11 heteroatoms. The highest BCUT2D eigenvalue weighted by Crippen LogP contribution is 2.42. The lowest BCUT2D eigenvalue weighted by Gasteiger charge is -2.40. The van der Waals surface area contributed by atoms with Crippen molar-refractivity contribution >= 4 is 11.8 Å². The number of aromatic nitrogens is 2. The summed E-state index contributed by atoms with van der Waals surface area (Å²) >= 11 is 0. The highest BCUT2D eigenvalue weighted by atomic mass is 19.3. The molecule has 1 aromatic carbocycles. The molecule has 0 aliphatic carbocycles. The Morgan fingerprint density at radius 2 is 2.06 bits per heavy atom. The lowest BCUT2D eigenvalue weighted by atomic mass is 9.81. The summed E-state index contributed by atoms with van der Waals surface area (Å²) in [6.45, 7) is 3.40. The quantitative estimate of drug-likeness (QED) is 0.372. The summed E-state index contributed by atoms with van der Waals surface area (Å²) in [4.78, 5) is 24.4. The second-order valence-corrected chi connectivity index (χ2v) is 7.86. The van der Waals surface area contributed by atoms with Crippen LogP contribution in [0.15, 0.2) is 35.6 Å². The van der Waals surface area contributed by atoms with Crippen LogP contribution in [0.1, 0.15) is 42.4 Å². The monoisotopic (exact) mass is 478 g/mol. The fourth-order valence-electron chi connectivity index (χ4n) is 3.43. The van der Waals surface area contributed by atoms with E-state index in [1.54, 1.807) is 6.92 Å². The maximum atomic E-state index is 15.2. The average Bonchev–Trinajstić information content (AvgIpc) is 2.77. The summed E-state index contributed by atoms with van der Waals surface area (Å²) in [6.07, 6.45) is -2.44. The summed E-state index contributed by atoms with van der Waals surface area (Å²) in [6, 6.07) is 2.83. The molecule has 0 amide bonds. The molecule has 0 radical (unpaired) electrons. The van der Waals surface area contributed by atoms with Crippen molar-refractivity contribution in [2.24, 2.45) is 10.7 Å². The molecule has 0 unspecified atom stereocenters. The number of rotatable bonds is 7. The van der Waals surface area contributed by atoms with E-state index in [4.69, 9.17) is 15.2 Å². The Morgan fingerprint density at radius 1 is 1.32 bits per heavy atom. The maximum Gasteiger partial charge on any atom is 0.284 e. The molecule has 2 aromatic rings. The lowest BCUT2D eigenvalue weighted by molar-refractivity contribution is -0.138. The van der Waals surface area contributed by atoms with E-state index in [1.807, 2.05) is 0 Å². The molecular weight excluding hydrogens is 456 g/mol. The zero-order chi connectivity index (χ0) is 25.1. The van der Waals surface area contributed by atoms with E-state index in [0.29, 0.717) is 6.92 Å². The number of aliphatic imine (C=N–C) groups is 1. The highest BCUT2D eigenvalue weighted by Gasteiger charge is 2.55. The zero-order valence-electron chi connectivity index (χ0n) is 18.6. The van der Waals surface area contributed by atoms with E-state index in [2.05, 4.69) is 26.8 Å². The summed E-state index contributed by atoms with van der Waals surface area (Å²) in [5.74, 6) is 0.573. The van der Waals surface area contributed by atoms with Crippen LogP contribution in [-0.4, -0.2) is 46.6 Å². The van der Waals surface area contributed by atoms with Gasteiger partial charge in [0.2, 0.25) is 5.88 Å². The number of benzene rings is 1. The number of carbonyl (C=O) groups is 1. The number of carbonyl (C=O) groups excluding carboxylic acids is 1. The molecule has 3 rings (SSSR count). The molecule has 1 aliphatic rings. The van der Waals surface area contributed by atoms with Crippen LogP contribution in [-0.2, 0) is 16.7 Å². The van der Waals surface area contributed by atoms with E-state index < -0.39 is 41.4 Å². The standard InChI is InChI=1S/C23H22F4N4O3/c1-4-5-8-33-18-12-29-16(11-30-18)17(32)10-13-6-7-15(24)14(9-13)22(2)19(25)20(23(3,26)27)34-21(28)31-22/h6-7,9,11-12,19-20H,8,10H2,1-3H3,(H2,28,31)/t19-,20-,22+/m0/s1. The molecule has 34 heavy (non-hydrogen) atoms. The maximum absolute atomic E-state index is 15.2. The fourth-order valence-corrected chi connectivity index (χ4v) is 3.43. The summed E-state index contributed by atoms with van der Waals surface area (Å²) in [5.41, 5.74) is 3.38. The van der Waals surface area contributed by atoms with Crippen molar-refractivity contribution in [3.05, 3.63) is 53.2 Å². The van der Waals surface area contributed by atoms with Gasteiger partial charge in [-0.3, -0.25) is 4.79 Å². The van der Waals surface area contributed by atoms with Crippen LogP contribution in [0, 0.1) is 17.7 Å². The van der Waals surface area contributed by atoms with Crippen LogP contribution < -0.4 is 10.5 Å². The van der Waals surface area contributed by atoms with Crippen LogP contribution >= 0.6 is 0 Å². The number of alkyl halides is 3. The third-order valence-electron chi connectivity index (χ3n) is 5.22. The van der Waals surface area contributed by atoms with Gasteiger partial charge in [0.05, 0.1) is 12.4 Å². The van der Waals surface area contributed by atoms with E-state index in [1.165, 1.54) is 24.5 Å². The lowest BCUT2D eigenvalue weighted by Crippen LogP contribution is -2.55. The molecule has 3 atom stereocenters. The van der Waals surface area contributed by atoms with Gasteiger partial charge in [0.15, 0.2) is 24.7 Å². The third kappa shape index (κ3) is 5.27. The Kier molecular flexibility index (Phi) is 7.09. The first-order chi connectivity index (χ1) is 16.0. The van der Waals surface area contributed by atoms with Crippen LogP contribution in [0.4, 0.5) is 17.6 Å². The van der Waals surface area contributed by atoms with Gasteiger partial charge in [0, 0.05) is 18.9 Å². The average molecular weight is 478 g/mol. The number of amidine groups is 1. The topological polar surface area (TPSA) is 99.7 Å². The van der Waals surface area contributed by atoms with Crippen molar-refractivity contribution in [1.82, 2.24) is 9.97 Å². The van der Waals surface area contributed by atoms with Crippen LogP contribution in [0.5, 0.6) is 5.88 Å². The largest absolute Gasteiger partial charge is 0.463 e. The Bertz CT molecular complexity index is 1160. The molecule has 0 saturated heterocycles. The van der Waals surface area contributed by atoms with Gasteiger partial charge in [0.25, 0.3) is 11.9 Å². The van der Waals surface area contributed by atoms with Crippen molar-refractivity contribution in [2.45, 2.75) is 50.9 Å². The third-order valence-corrected chi connectivity index (χ3v) is 5.22. The van der Waals surface area contributed by atoms with E-state index >= 15 is 4.39 Å². The number of hydrogen-bond donors (Lipinski definition) is 1. The second-order valence-electron chi connectivity index (χ2n) is 7.86. The minimum atomic E-state index is -3.61. The first-order valence-electron chi connectivity index (χ1n) is 10.2. The molecule has 1 aromatic heterocycles. The van der Waals surface area contributed by atoms with Gasteiger partial charge in [-0.1, -0.05) is 12.0 Å². The predicted octanol–water partition coefficient (Wildman–Crippen LogP) is 3.37. The number of nitrogens with two attached hydrogens (primary N) is 1. The molecule has 0 fully saturated rings. The van der Waals surface area contributed by atoms with Gasteiger partial charge in [-0.15, -0.1) is 5.92 Å². The van der Waals surface area contributed by atoms with Crippen molar-refractivity contribution in [3.8, 4) is 17.7 Å². The Balaban J connectivity index is 1.85. The normalized spacial score (nSPS) is 22.1. The number of ketones is 1. The molecule has 7 nitrogen and oxygen atoms in total. The Hall–Kier alpha value is -3.68. The van der Waals surface area contributed by atoms with E-state index in [-0.39, 0.29) is 35.7 Å². The van der Waals surface area contributed by atoms with Crippen LogP contribution in [0.2, 0.25) is 0 Å². The Morgan fingerprint density at radius 3 is 2.68 bits per heavy atom. The predicted molar refractivity (Wildman–Crippen MR) is 115 cm³/mol. The first kappa shape index (κ1) is 25.0. The van der Waals surface area contributed by atoms with Gasteiger partial charge < -0.3 is 15.2 Å². The van der Waals surface area contributed by atoms with Gasteiger partial charge in [-0.05, 0) is 31.5 Å². The molecule has 0 saturated carbocycles. The summed E-state index contributed by atoms with van der Waals surface area (Å²) < 4.78 is 67.7. The van der Waals surface area contributed by atoms with Crippen LogP contribution in [0.3, 0.4) is 0 Å². The second kappa shape index (κ2) is 9.67.